The molecule has 3 heterocycles. The van der Waals surface area contributed by atoms with Crippen LogP contribution in [0.5, 0.6) is 5.75 Å². The van der Waals surface area contributed by atoms with Crippen LogP contribution < -0.4 is 15.8 Å². The van der Waals surface area contributed by atoms with Crippen LogP contribution in [-0.2, 0) is 4.74 Å². The van der Waals surface area contributed by atoms with E-state index in [0.29, 0.717) is 36.6 Å². The van der Waals surface area contributed by atoms with Crippen molar-refractivity contribution in [1.82, 2.24) is 20.4 Å². The maximum absolute atomic E-state index is 14.0. The Balaban J connectivity index is 0.00000240. The van der Waals surface area contributed by atoms with E-state index in [2.05, 4.69) is 25.0 Å². The lowest BCUT2D eigenvalue weighted by molar-refractivity contribution is -0.00837. The van der Waals surface area contributed by atoms with Crippen molar-refractivity contribution in [3.05, 3.63) is 63.6 Å². The van der Waals surface area contributed by atoms with Gasteiger partial charge in [-0.3, -0.25) is 14.5 Å². The summed E-state index contributed by atoms with van der Waals surface area (Å²) >= 11 is 5.80. The maximum atomic E-state index is 14.0. The first kappa shape index (κ1) is 21.3. The van der Waals surface area contributed by atoms with Gasteiger partial charge < -0.3 is 14.8 Å². The number of nitrogens with zero attached hydrogens (tertiary/aromatic N) is 2. The van der Waals surface area contributed by atoms with Gasteiger partial charge in [-0.1, -0.05) is 22.8 Å². The first-order valence-corrected chi connectivity index (χ1v) is 8.94. The van der Waals surface area contributed by atoms with Crippen molar-refractivity contribution in [3.8, 4) is 17.1 Å². The van der Waals surface area contributed by atoms with Crippen molar-refractivity contribution >= 4 is 24.0 Å². The van der Waals surface area contributed by atoms with Gasteiger partial charge >= 0.3 is 5.76 Å². The number of hydrogen-bond donors (Lipinski definition) is 2. The second-order valence-corrected chi connectivity index (χ2v) is 6.55. The molecule has 2 aromatic heterocycles. The topological polar surface area (TPSA) is 102 Å². The smallest absolute Gasteiger partial charge is 0.439 e. The number of H-pyrrole nitrogens is 1. The highest BCUT2D eigenvalue weighted by atomic mass is 35.5. The van der Waals surface area contributed by atoms with Crippen LogP contribution in [0.1, 0.15) is 11.7 Å². The minimum absolute atomic E-state index is 0. The molecule has 1 aliphatic heterocycles. The highest BCUT2D eigenvalue weighted by Gasteiger charge is 2.29. The lowest BCUT2D eigenvalue weighted by Crippen LogP contribution is -2.34. The summed E-state index contributed by atoms with van der Waals surface area (Å²) in [5.74, 6) is -0.580. The van der Waals surface area contributed by atoms with Crippen LogP contribution in [0.4, 0.5) is 4.39 Å². The molecule has 0 spiro atoms. The molecule has 11 heteroatoms. The monoisotopic (exact) mass is 442 g/mol. The number of rotatable bonds is 4. The molecule has 4 rings (SSSR count). The molecule has 0 amide bonds. The van der Waals surface area contributed by atoms with Crippen LogP contribution in [0.3, 0.4) is 0 Å². The fourth-order valence-corrected chi connectivity index (χ4v) is 3.11. The Kier molecular flexibility index (Phi) is 6.86. The largest absolute Gasteiger partial charge is 0.485 e. The second-order valence-electron chi connectivity index (χ2n) is 6.14. The average Bonchev–Trinajstić information content (AvgIpc) is 2.99. The van der Waals surface area contributed by atoms with Gasteiger partial charge in [-0.05, 0) is 23.8 Å². The fraction of sp³-hybridized carbons (Fsp3) is 0.278. The molecule has 0 saturated carbocycles. The maximum Gasteiger partial charge on any atom is 0.439 e. The van der Waals surface area contributed by atoms with Crippen molar-refractivity contribution in [2.45, 2.75) is 12.2 Å². The normalized spacial score (nSPS) is 19.2. The quantitative estimate of drug-likeness (QED) is 0.640. The van der Waals surface area contributed by atoms with Gasteiger partial charge in [-0.15, -0.1) is 12.4 Å². The number of aromatic nitrogens is 3. The Hall–Kier alpha value is -2.46. The molecule has 154 valence electrons. The molecule has 2 atom stereocenters. The van der Waals surface area contributed by atoms with Crippen LogP contribution in [0, 0.1) is 5.82 Å². The highest BCUT2D eigenvalue weighted by Crippen LogP contribution is 2.32. The van der Waals surface area contributed by atoms with Crippen LogP contribution in [0.2, 0.25) is 5.02 Å². The van der Waals surface area contributed by atoms with E-state index in [4.69, 9.17) is 21.1 Å². The van der Waals surface area contributed by atoms with Gasteiger partial charge in [0.05, 0.1) is 17.2 Å². The summed E-state index contributed by atoms with van der Waals surface area (Å²) in [6, 6.07) is 6.19. The van der Waals surface area contributed by atoms with Gasteiger partial charge in [0.2, 0.25) is 0 Å². The molecular weight excluding hydrogens is 426 g/mol. The van der Waals surface area contributed by atoms with Crippen molar-refractivity contribution in [3.63, 3.8) is 0 Å². The Morgan fingerprint density at radius 3 is 2.93 bits per heavy atom. The van der Waals surface area contributed by atoms with Gasteiger partial charge in [-0.2, -0.15) is 0 Å². The van der Waals surface area contributed by atoms with Gasteiger partial charge in [0.25, 0.3) is 0 Å². The Morgan fingerprint density at radius 2 is 2.17 bits per heavy atom. The van der Waals surface area contributed by atoms with Crippen molar-refractivity contribution in [2.75, 3.05) is 19.7 Å². The lowest BCUT2D eigenvalue weighted by atomic mass is 10.0. The molecule has 0 bridgehead atoms. The lowest BCUT2D eigenvalue weighted by Gasteiger charge is -2.26. The molecule has 3 aromatic rings. The van der Waals surface area contributed by atoms with Crippen molar-refractivity contribution in [1.29, 1.82) is 0 Å². The second kappa shape index (κ2) is 9.36. The summed E-state index contributed by atoms with van der Waals surface area (Å²) in [6.07, 6.45) is 2.05. The van der Waals surface area contributed by atoms with Gasteiger partial charge in [0.15, 0.2) is 5.82 Å². The molecule has 1 saturated heterocycles. The SMILES string of the molecule is Cl.O=c1[nH]c(-c2cnccc2O[C@@H]2CNCCO[C@H]2c2ccc(Cl)c(F)c2)no1. The van der Waals surface area contributed by atoms with E-state index >= 15 is 0 Å². The van der Waals surface area contributed by atoms with Crippen molar-refractivity contribution in [2.24, 2.45) is 0 Å². The molecule has 1 aromatic carbocycles. The van der Waals surface area contributed by atoms with E-state index in [1.165, 1.54) is 18.3 Å². The zero-order valence-corrected chi connectivity index (χ0v) is 16.5. The molecule has 0 unspecified atom stereocenters. The number of pyridine rings is 1. The minimum atomic E-state index is -0.682. The summed E-state index contributed by atoms with van der Waals surface area (Å²) < 4.78 is 30.6. The first-order valence-electron chi connectivity index (χ1n) is 8.56. The summed E-state index contributed by atoms with van der Waals surface area (Å²) in [5.41, 5.74) is 1.07. The highest BCUT2D eigenvalue weighted by molar-refractivity contribution is 6.30. The molecular formula is C18H17Cl2FN4O4. The van der Waals surface area contributed by atoms with E-state index in [-0.39, 0.29) is 23.3 Å². The van der Waals surface area contributed by atoms with E-state index in [0.717, 1.165) is 0 Å². The standard InChI is InChI=1S/C18H16ClFN4O4.ClH/c19-12-2-1-10(7-13(12)20)16-15(9-22-5-6-26-16)27-14-3-4-21-8-11(14)17-23-18(25)28-24-17;/h1-4,7-8,15-16,22H,5-6,9H2,(H,23,24,25);1H/t15-,16+;/m1./s1. The van der Waals surface area contributed by atoms with E-state index in [9.17, 15) is 9.18 Å². The third kappa shape index (κ3) is 4.76. The molecule has 0 radical (unpaired) electrons. The summed E-state index contributed by atoms with van der Waals surface area (Å²) in [6.45, 7) is 1.53. The number of ether oxygens (including phenoxy) is 2. The van der Waals surface area contributed by atoms with Crippen LogP contribution in [-0.4, -0.2) is 40.9 Å². The van der Waals surface area contributed by atoms with Gasteiger partial charge in [0.1, 0.15) is 23.8 Å². The number of hydrogen-bond acceptors (Lipinski definition) is 7. The zero-order chi connectivity index (χ0) is 19.5. The fourth-order valence-electron chi connectivity index (χ4n) is 2.99. The first-order chi connectivity index (χ1) is 13.6. The average molecular weight is 443 g/mol. The van der Waals surface area contributed by atoms with Crippen LogP contribution >= 0.6 is 24.0 Å². The Morgan fingerprint density at radius 1 is 1.31 bits per heavy atom. The van der Waals surface area contributed by atoms with Crippen LogP contribution in [0.15, 0.2) is 46.0 Å². The summed E-state index contributed by atoms with van der Waals surface area (Å²) in [7, 11) is 0. The minimum Gasteiger partial charge on any atom is -0.485 e. The number of halogens is 3. The predicted molar refractivity (Wildman–Crippen MR) is 105 cm³/mol. The van der Waals surface area contributed by atoms with E-state index < -0.39 is 23.8 Å². The number of benzene rings is 1. The molecule has 2 N–H and O–H groups in total. The Labute approximate surface area is 175 Å². The molecule has 8 nitrogen and oxygen atoms in total. The van der Waals surface area contributed by atoms with Crippen LogP contribution in [0.25, 0.3) is 11.4 Å². The number of aromatic amines is 1. The molecule has 1 aliphatic rings. The summed E-state index contributed by atoms with van der Waals surface area (Å²) in [4.78, 5) is 17.8. The van der Waals surface area contributed by atoms with Crippen molar-refractivity contribution < 1.29 is 18.4 Å². The third-order valence-electron chi connectivity index (χ3n) is 4.29. The molecule has 29 heavy (non-hydrogen) atoms. The predicted octanol–water partition coefficient (Wildman–Crippen LogP) is 2.75. The molecule has 0 aliphatic carbocycles. The van der Waals surface area contributed by atoms with E-state index in [1.807, 2.05) is 0 Å². The summed E-state index contributed by atoms with van der Waals surface area (Å²) in [5, 5.41) is 6.95. The van der Waals surface area contributed by atoms with Gasteiger partial charge in [0, 0.05) is 25.5 Å². The third-order valence-corrected chi connectivity index (χ3v) is 4.59. The Bertz CT molecular complexity index is 1030. The molecule has 1 fully saturated rings. The van der Waals surface area contributed by atoms with E-state index in [1.54, 1.807) is 18.3 Å². The zero-order valence-electron chi connectivity index (χ0n) is 14.9. The number of nitrogens with one attached hydrogen (secondary N) is 2. The van der Waals surface area contributed by atoms with Gasteiger partial charge in [-0.25, -0.2) is 9.18 Å².